The average Bonchev–Trinajstić information content (AvgIpc) is 2.77. The van der Waals surface area contributed by atoms with E-state index in [1.807, 2.05) is 76.2 Å². The highest BCUT2D eigenvalue weighted by atomic mass is 16.5. The van der Waals surface area contributed by atoms with Crippen LogP contribution in [0.2, 0.25) is 0 Å². The van der Waals surface area contributed by atoms with Gasteiger partial charge in [-0.2, -0.15) is 0 Å². The van der Waals surface area contributed by atoms with E-state index in [-0.39, 0.29) is 17.2 Å². The monoisotopic (exact) mass is 441 g/mol. The van der Waals surface area contributed by atoms with E-state index in [0.717, 1.165) is 22.3 Å². The molecule has 0 aromatic heterocycles. The van der Waals surface area contributed by atoms with Crippen LogP contribution in [0.1, 0.15) is 22.3 Å². The number of hydrogen-bond acceptors (Lipinski definition) is 5. The van der Waals surface area contributed by atoms with Gasteiger partial charge in [-0.3, -0.25) is 4.90 Å². The van der Waals surface area contributed by atoms with E-state index in [9.17, 15) is 15.3 Å². The smallest absolute Gasteiger partial charge is 0.151 e. The van der Waals surface area contributed by atoms with Crippen molar-refractivity contribution in [1.82, 2.24) is 0 Å². The second-order valence-corrected chi connectivity index (χ2v) is 8.28. The summed E-state index contributed by atoms with van der Waals surface area (Å²) in [5, 5.41) is 31.7. The second kappa shape index (κ2) is 8.79. The summed E-state index contributed by atoms with van der Waals surface area (Å²) in [5.74, 6) is 1.30. The van der Waals surface area contributed by atoms with Gasteiger partial charge >= 0.3 is 0 Å². The predicted octanol–water partition coefficient (Wildman–Crippen LogP) is 7.30. The summed E-state index contributed by atoms with van der Waals surface area (Å²) in [6.07, 6.45) is 0. The summed E-state index contributed by atoms with van der Waals surface area (Å²) in [7, 11) is 0. The van der Waals surface area contributed by atoms with Gasteiger partial charge in [0.2, 0.25) is 0 Å². The summed E-state index contributed by atoms with van der Waals surface area (Å²) in [6.45, 7) is 7.73. The second-order valence-electron chi connectivity index (χ2n) is 8.28. The highest BCUT2D eigenvalue weighted by Crippen LogP contribution is 2.48. The van der Waals surface area contributed by atoms with Gasteiger partial charge in [-0.15, -0.1) is 0 Å². The van der Waals surface area contributed by atoms with Crippen LogP contribution in [0.5, 0.6) is 28.7 Å². The van der Waals surface area contributed by atoms with Gasteiger partial charge in [-0.05, 0) is 92.4 Å². The van der Waals surface area contributed by atoms with Crippen molar-refractivity contribution in [3.63, 3.8) is 0 Å². The fourth-order valence-electron chi connectivity index (χ4n) is 3.78. The number of ether oxygens (including phenoxy) is 1. The first-order valence-electron chi connectivity index (χ1n) is 10.7. The zero-order valence-electron chi connectivity index (χ0n) is 19.1. The summed E-state index contributed by atoms with van der Waals surface area (Å²) in [4.78, 5) is 1.78. The van der Waals surface area contributed by atoms with Crippen LogP contribution < -0.4 is 9.64 Å². The molecule has 5 heteroatoms. The largest absolute Gasteiger partial charge is 0.508 e. The molecule has 0 spiro atoms. The summed E-state index contributed by atoms with van der Waals surface area (Å²) >= 11 is 0. The SMILES string of the molecule is Cc1ccc(O)c(N(c2cc(C)ccc2O)c2ccccc2Oc2cc(O)cc(C)c2C)c1. The molecule has 0 unspecified atom stereocenters. The van der Waals surface area contributed by atoms with E-state index in [2.05, 4.69) is 0 Å². The molecule has 0 atom stereocenters. The number of anilines is 3. The lowest BCUT2D eigenvalue weighted by atomic mass is 10.1. The van der Waals surface area contributed by atoms with Crippen LogP contribution in [-0.4, -0.2) is 15.3 Å². The van der Waals surface area contributed by atoms with Crippen LogP contribution in [0.4, 0.5) is 17.1 Å². The van der Waals surface area contributed by atoms with Crippen molar-refractivity contribution in [2.45, 2.75) is 27.7 Å². The maximum atomic E-state index is 10.8. The molecule has 3 N–H and O–H groups in total. The Labute approximate surface area is 193 Å². The van der Waals surface area contributed by atoms with Crippen molar-refractivity contribution < 1.29 is 20.1 Å². The molecule has 0 bridgehead atoms. The summed E-state index contributed by atoms with van der Waals surface area (Å²) in [6, 6.07) is 21.3. The molecule has 0 saturated carbocycles. The van der Waals surface area contributed by atoms with E-state index in [0.29, 0.717) is 28.6 Å². The maximum Gasteiger partial charge on any atom is 0.151 e. The standard InChI is InChI=1S/C28H27NO4/c1-17-9-11-25(31)23(13-17)29(24-14-18(2)10-12-26(24)32)22-7-5-6-8-27(22)33-28-16-21(30)15-19(3)20(28)4/h5-16,30-32H,1-4H3. The molecule has 0 heterocycles. The van der Waals surface area contributed by atoms with Crippen LogP contribution in [0, 0.1) is 27.7 Å². The van der Waals surface area contributed by atoms with Crippen LogP contribution >= 0.6 is 0 Å². The number of rotatable bonds is 5. The molecule has 168 valence electrons. The number of benzene rings is 4. The van der Waals surface area contributed by atoms with Crippen molar-refractivity contribution in [1.29, 1.82) is 0 Å². The van der Waals surface area contributed by atoms with E-state index in [1.54, 1.807) is 29.2 Å². The predicted molar refractivity (Wildman–Crippen MR) is 132 cm³/mol. The lowest BCUT2D eigenvalue weighted by molar-refractivity contribution is 0.452. The van der Waals surface area contributed by atoms with Crippen molar-refractivity contribution >= 4 is 17.1 Å². The van der Waals surface area contributed by atoms with Gasteiger partial charge in [0, 0.05) is 6.07 Å². The van der Waals surface area contributed by atoms with Gasteiger partial charge in [0.15, 0.2) is 5.75 Å². The third-order valence-electron chi connectivity index (χ3n) is 5.67. The Morgan fingerprint density at radius 1 is 0.606 bits per heavy atom. The first-order chi connectivity index (χ1) is 15.7. The minimum atomic E-state index is 0.0701. The molecule has 0 fully saturated rings. The Morgan fingerprint density at radius 3 is 1.79 bits per heavy atom. The van der Waals surface area contributed by atoms with Crippen molar-refractivity contribution in [3.05, 3.63) is 95.1 Å². The van der Waals surface area contributed by atoms with Crippen LogP contribution in [0.15, 0.2) is 72.8 Å². The van der Waals surface area contributed by atoms with E-state index < -0.39 is 0 Å². The van der Waals surface area contributed by atoms with Gasteiger partial charge in [-0.1, -0.05) is 24.3 Å². The molecule has 0 saturated heterocycles. The Kier molecular flexibility index (Phi) is 5.88. The number of phenolic OH excluding ortho intramolecular Hbond substituents is 3. The molecule has 4 aromatic rings. The number of aryl methyl sites for hydroxylation is 3. The Bertz CT molecular complexity index is 1280. The third-order valence-corrected chi connectivity index (χ3v) is 5.67. The van der Waals surface area contributed by atoms with Gasteiger partial charge < -0.3 is 20.1 Å². The molecule has 33 heavy (non-hydrogen) atoms. The lowest BCUT2D eigenvalue weighted by Gasteiger charge is -2.29. The number of hydrogen-bond donors (Lipinski definition) is 3. The maximum absolute atomic E-state index is 10.8. The molecule has 0 amide bonds. The van der Waals surface area contributed by atoms with Gasteiger partial charge in [0.05, 0.1) is 17.1 Å². The van der Waals surface area contributed by atoms with Gasteiger partial charge in [0.1, 0.15) is 23.0 Å². The van der Waals surface area contributed by atoms with Crippen LogP contribution in [-0.2, 0) is 0 Å². The highest BCUT2D eigenvalue weighted by molar-refractivity contribution is 5.86. The quantitative estimate of drug-likeness (QED) is 0.303. The Balaban J connectivity index is 1.95. The van der Waals surface area contributed by atoms with Gasteiger partial charge in [-0.25, -0.2) is 0 Å². The number of aromatic hydroxyl groups is 3. The van der Waals surface area contributed by atoms with Gasteiger partial charge in [0.25, 0.3) is 0 Å². The topological polar surface area (TPSA) is 73.2 Å². The minimum Gasteiger partial charge on any atom is -0.508 e. The fourth-order valence-corrected chi connectivity index (χ4v) is 3.78. The van der Waals surface area contributed by atoms with Crippen molar-refractivity contribution in [2.24, 2.45) is 0 Å². The van der Waals surface area contributed by atoms with Crippen LogP contribution in [0.25, 0.3) is 0 Å². The molecular formula is C28H27NO4. The highest BCUT2D eigenvalue weighted by Gasteiger charge is 2.23. The number of nitrogens with zero attached hydrogens (tertiary/aromatic N) is 1. The molecule has 0 aliphatic rings. The minimum absolute atomic E-state index is 0.0701. The van der Waals surface area contributed by atoms with Crippen molar-refractivity contribution in [2.75, 3.05) is 4.90 Å². The zero-order chi connectivity index (χ0) is 23.7. The van der Waals surface area contributed by atoms with E-state index >= 15 is 0 Å². The number of para-hydroxylation sites is 2. The van der Waals surface area contributed by atoms with Crippen LogP contribution in [0.3, 0.4) is 0 Å². The average molecular weight is 442 g/mol. The molecule has 0 aliphatic carbocycles. The molecule has 0 aliphatic heterocycles. The molecule has 5 nitrogen and oxygen atoms in total. The Hall–Kier alpha value is -4.12. The molecule has 4 aromatic carbocycles. The summed E-state index contributed by atoms with van der Waals surface area (Å²) < 4.78 is 6.30. The zero-order valence-corrected chi connectivity index (χ0v) is 19.1. The number of phenols is 3. The molecule has 4 rings (SSSR count). The Morgan fingerprint density at radius 2 is 1.18 bits per heavy atom. The van der Waals surface area contributed by atoms with E-state index in [4.69, 9.17) is 4.74 Å². The van der Waals surface area contributed by atoms with E-state index in [1.165, 1.54) is 0 Å². The molecular weight excluding hydrogens is 414 g/mol. The summed E-state index contributed by atoms with van der Waals surface area (Å²) in [5.41, 5.74) is 5.37. The fraction of sp³-hybridized carbons (Fsp3) is 0.143. The normalized spacial score (nSPS) is 10.8. The van der Waals surface area contributed by atoms with Crippen molar-refractivity contribution in [3.8, 4) is 28.7 Å². The lowest BCUT2D eigenvalue weighted by Crippen LogP contribution is -2.12. The third kappa shape index (κ3) is 4.44. The first kappa shape index (κ1) is 22.1. The first-order valence-corrected chi connectivity index (χ1v) is 10.7. The molecule has 0 radical (unpaired) electrons.